The maximum atomic E-state index is 4.50. The topological polar surface area (TPSA) is 29.9 Å². The van der Waals surface area contributed by atoms with Gasteiger partial charge in [-0.15, -0.1) is 0 Å². The first-order valence-corrected chi connectivity index (χ1v) is 7.03. The van der Waals surface area contributed by atoms with Gasteiger partial charge in [0.1, 0.15) is 0 Å². The molecule has 19 heavy (non-hydrogen) atoms. The van der Waals surface area contributed by atoms with Crippen LogP contribution >= 0.6 is 0 Å². The van der Waals surface area contributed by atoms with Crippen molar-refractivity contribution in [1.29, 1.82) is 0 Å². The fourth-order valence-corrected chi connectivity index (χ4v) is 2.30. The zero-order chi connectivity index (χ0) is 13.7. The number of rotatable bonds is 6. The first kappa shape index (κ1) is 13.7. The van der Waals surface area contributed by atoms with Gasteiger partial charge in [-0.3, -0.25) is 0 Å². The lowest BCUT2D eigenvalue weighted by molar-refractivity contribution is 0.579. The van der Waals surface area contributed by atoms with Gasteiger partial charge < -0.3 is 9.88 Å². The van der Waals surface area contributed by atoms with Gasteiger partial charge in [0.2, 0.25) is 5.95 Å². The summed E-state index contributed by atoms with van der Waals surface area (Å²) >= 11 is 0. The third-order valence-corrected chi connectivity index (χ3v) is 3.40. The zero-order valence-corrected chi connectivity index (χ0v) is 12.1. The van der Waals surface area contributed by atoms with Gasteiger partial charge in [-0.2, -0.15) is 0 Å². The van der Waals surface area contributed by atoms with E-state index in [0.29, 0.717) is 5.92 Å². The molecular weight excluding hydrogens is 234 g/mol. The van der Waals surface area contributed by atoms with Crippen LogP contribution in [-0.2, 0) is 6.54 Å². The second-order valence-electron chi connectivity index (χ2n) is 5.03. The van der Waals surface area contributed by atoms with Crippen molar-refractivity contribution >= 4 is 5.95 Å². The van der Waals surface area contributed by atoms with E-state index < -0.39 is 0 Å². The monoisotopic (exact) mass is 257 g/mol. The van der Waals surface area contributed by atoms with Crippen molar-refractivity contribution in [2.24, 2.45) is 0 Å². The molecule has 0 radical (unpaired) electrons. The summed E-state index contributed by atoms with van der Waals surface area (Å²) in [6, 6.07) is 10.7. The number of aryl methyl sites for hydroxylation is 2. The second kappa shape index (κ2) is 6.41. The van der Waals surface area contributed by atoms with Crippen molar-refractivity contribution in [3.8, 4) is 0 Å². The highest BCUT2D eigenvalue weighted by molar-refractivity contribution is 5.28. The number of anilines is 1. The summed E-state index contributed by atoms with van der Waals surface area (Å²) in [5.74, 6) is 1.55. The Kier molecular flexibility index (Phi) is 4.61. The third-order valence-electron chi connectivity index (χ3n) is 3.40. The Balaban J connectivity index is 1.98. The van der Waals surface area contributed by atoms with E-state index in [1.54, 1.807) is 0 Å². The van der Waals surface area contributed by atoms with Gasteiger partial charge in [0, 0.05) is 19.3 Å². The Labute approximate surface area is 115 Å². The number of aromatic nitrogens is 2. The average molecular weight is 257 g/mol. The van der Waals surface area contributed by atoms with Crippen LogP contribution in [0.25, 0.3) is 0 Å². The molecule has 1 aromatic carbocycles. The molecule has 0 aliphatic rings. The number of nitrogens with one attached hydrogen (secondary N) is 1. The van der Waals surface area contributed by atoms with E-state index in [1.807, 2.05) is 6.92 Å². The highest BCUT2D eigenvalue weighted by Gasteiger charge is 2.08. The molecule has 0 aliphatic heterocycles. The van der Waals surface area contributed by atoms with Crippen LogP contribution in [0.4, 0.5) is 5.95 Å². The van der Waals surface area contributed by atoms with Crippen molar-refractivity contribution in [3.05, 3.63) is 47.8 Å². The van der Waals surface area contributed by atoms with Crippen LogP contribution in [0, 0.1) is 6.92 Å². The molecule has 3 nitrogen and oxygen atoms in total. The van der Waals surface area contributed by atoms with Crippen LogP contribution in [0.2, 0.25) is 0 Å². The molecule has 0 aliphatic carbocycles. The fraction of sp³-hybridized carbons (Fsp3) is 0.438. The van der Waals surface area contributed by atoms with Gasteiger partial charge in [-0.05, 0) is 31.7 Å². The summed E-state index contributed by atoms with van der Waals surface area (Å²) in [6.07, 6.45) is 3.24. The SMILES string of the molecule is CCNc1nc(C)cn1CCC(C)c1ccccc1. The van der Waals surface area contributed by atoms with Crippen LogP contribution in [0.5, 0.6) is 0 Å². The lowest BCUT2D eigenvalue weighted by Gasteiger charge is -2.13. The molecule has 0 spiro atoms. The summed E-state index contributed by atoms with van der Waals surface area (Å²) in [5, 5.41) is 3.31. The highest BCUT2D eigenvalue weighted by Crippen LogP contribution is 2.20. The summed E-state index contributed by atoms with van der Waals surface area (Å²) in [4.78, 5) is 4.50. The van der Waals surface area contributed by atoms with E-state index in [1.165, 1.54) is 5.56 Å². The van der Waals surface area contributed by atoms with E-state index in [9.17, 15) is 0 Å². The molecule has 3 heteroatoms. The van der Waals surface area contributed by atoms with Gasteiger partial charge in [0.25, 0.3) is 0 Å². The maximum absolute atomic E-state index is 4.50. The molecule has 1 aromatic heterocycles. The molecule has 1 unspecified atom stereocenters. The van der Waals surface area contributed by atoms with Gasteiger partial charge >= 0.3 is 0 Å². The third kappa shape index (κ3) is 3.60. The number of nitrogens with zero attached hydrogens (tertiary/aromatic N) is 2. The van der Waals surface area contributed by atoms with Gasteiger partial charge in [-0.25, -0.2) is 4.98 Å². The van der Waals surface area contributed by atoms with Crippen molar-refractivity contribution in [2.45, 2.75) is 39.7 Å². The maximum Gasteiger partial charge on any atom is 0.203 e. The van der Waals surface area contributed by atoms with Gasteiger partial charge in [-0.1, -0.05) is 37.3 Å². The molecule has 2 rings (SSSR count). The molecule has 1 N–H and O–H groups in total. The predicted molar refractivity (Wildman–Crippen MR) is 80.6 cm³/mol. The molecule has 102 valence electrons. The van der Waals surface area contributed by atoms with Crippen molar-refractivity contribution in [2.75, 3.05) is 11.9 Å². The molecule has 1 atom stereocenters. The highest BCUT2D eigenvalue weighted by atomic mass is 15.2. The Morgan fingerprint density at radius 1 is 1.26 bits per heavy atom. The molecule has 0 bridgehead atoms. The zero-order valence-electron chi connectivity index (χ0n) is 12.1. The van der Waals surface area contributed by atoms with E-state index >= 15 is 0 Å². The quantitative estimate of drug-likeness (QED) is 0.852. The fourth-order valence-electron chi connectivity index (χ4n) is 2.30. The van der Waals surface area contributed by atoms with E-state index in [0.717, 1.165) is 31.2 Å². The molecule has 0 saturated carbocycles. The number of imidazole rings is 1. The predicted octanol–water partition coefficient (Wildman–Crippen LogP) is 3.82. The summed E-state index contributed by atoms with van der Waals surface area (Å²) in [5.41, 5.74) is 2.48. The van der Waals surface area contributed by atoms with Crippen LogP contribution in [0.15, 0.2) is 36.5 Å². The van der Waals surface area contributed by atoms with Crippen LogP contribution < -0.4 is 5.32 Å². The Bertz CT molecular complexity index is 502. The number of hydrogen-bond donors (Lipinski definition) is 1. The Hall–Kier alpha value is -1.77. The van der Waals surface area contributed by atoms with E-state index in [2.05, 4.69) is 65.2 Å². The first-order valence-electron chi connectivity index (χ1n) is 7.03. The van der Waals surface area contributed by atoms with E-state index in [4.69, 9.17) is 0 Å². The van der Waals surface area contributed by atoms with Crippen LogP contribution in [0.1, 0.15) is 37.4 Å². The Morgan fingerprint density at radius 2 is 2.00 bits per heavy atom. The first-order chi connectivity index (χ1) is 9.20. The van der Waals surface area contributed by atoms with Crippen molar-refractivity contribution in [3.63, 3.8) is 0 Å². The smallest absolute Gasteiger partial charge is 0.203 e. The van der Waals surface area contributed by atoms with Gasteiger partial charge in [0.05, 0.1) is 5.69 Å². The minimum absolute atomic E-state index is 0.568. The van der Waals surface area contributed by atoms with Crippen molar-refractivity contribution < 1.29 is 0 Å². The molecule has 1 heterocycles. The lowest BCUT2D eigenvalue weighted by Crippen LogP contribution is -2.08. The van der Waals surface area contributed by atoms with Crippen LogP contribution in [-0.4, -0.2) is 16.1 Å². The molecule has 2 aromatic rings. The molecule has 0 fully saturated rings. The minimum atomic E-state index is 0.568. The standard InChI is InChI=1S/C16H23N3/c1-4-17-16-18-14(3)12-19(16)11-10-13(2)15-8-6-5-7-9-15/h5-9,12-13H,4,10-11H2,1-3H3,(H,17,18). The summed E-state index contributed by atoms with van der Waals surface area (Å²) in [6.45, 7) is 8.33. The molecule has 0 amide bonds. The molecular formula is C16H23N3. The average Bonchev–Trinajstić information content (AvgIpc) is 2.78. The minimum Gasteiger partial charge on any atom is -0.356 e. The summed E-state index contributed by atoms with van der Waals surface area (Å²) < 4.78 is 2.22. The normalized spacial score (nSPS) is 12.4. The summed E-state index contributed by atoms with van der Waals surface area (Å²) in [7, 11) is 0. The molecule has 0 saturated heterocycles. The largest absolute Gasteiger partial charge is 0.356 e. The van der Waals surface area contributed by atoms with Crippen molar-refractivity contribution in [1.82, 2.24) is 9.55 Å². The Morgan fingerprint density at radius 3 is 2.68 bits per heavy atom. The lowest BCUT2D eigenvalue weighted by atomic mass is 9.98. The van der Waals surface area contributed by atoms with E-state index in [-0.39, 0.29) is 0 Å². The number of benzene rings is 1. The van der Waals surface area contributed by atoms with Crippen LogP contribution in [0.3, 0.4) is 0 Å². The second-order valence-corrected chi connectivity index (χ2v) is 5.03. The number of hydrogen-bond acceptors (Lipinski definition) is 2. The van der Waals surface area contributed by atoms with Gasteiger partial charge in [0.15, 0.2) is 0 Å².